The molecule has 0 aliphatic rings. The van der Waals surface area contributed by atoms with Gasteiger partial charge in [0.1, 0.15) is 6.29 Å². The fraction of sp³-hybridized carbons (Fsp3) is 0.416. The summed E-state index contributed by atoms with van der Waals surface area (Å²) in [6.45, 7) is 31.7. The normalized spacial score (nSPS) is 10.7. The van der Waals surface area contributed by atoms with Crippen LogP contribution < -0.4 is 77.4 Å². The molecule has 0 heterocycles. The van der Waals surface area contributed by atoms with E-state index < -0.39 is 10.8 Å². The number of aldehydes is 1. The summed E-state index contributed by atoms with van der Waals surface area (Å²) in [6, 6.07) is 50.5. The van der Waals surface area contributed by atoms with Crippen molar-refractivity contribution < 1.29 is 99.8 Å². The standard InChI is InChI=1S/C30H37NO5.C18H21NO3.C14H20O4.C13H20O2.C12H16O4.C12H16O3.2CH4/c1-19(2)20-9-11-21(12-10-20)29(32)23-16-27(35-7)28(36-8)17-24(23)31-18-30(3,4)22-13-14-25(33-5)26(15-22)34-6;1-11(2)12-5-7-13(8-6-12)18(20)14-9-16(21-3)17(22-4)10-15(14)19;1-6-18-13(15)14(2,3)10-7-8-11(16-4)12(9-10)17-5;1-6-13(2,3)10-7-8-11(14-4)12(9-10)15-5;1-4-16-12(13)8-9-5-6-10(14-2)11(7-9)15-3;1-12(2,8-13)9-5-6-10(14-3)11(7-9)15-4;;/h9-17,19,31H,18H2,1-8H3;5-11H,19H2,1-4H3;7-9H,6H2,1-5H3;7-9H,6H2,1-5H3;5-7H,4,8H2,1-3H3;5-8H,1-4H3;2*1H4. The van der Waals surface area contributed by atoms with E-state index in [-0.39, 0.29) is 55.6 Å². The first-order valence-electron chi connectivity index (χ1n) is 40.1. The third kappa shape index (κ3) is 29.8. The van der Waals surface area contributed by atoms with E-state index in [2.05, 4.69) is 79.8 Å². The van der Waals surface area contributed by atoms with Gasteiger partial charge in [-0.05, 0) is 177 Å². The first-order chi connectivity index (χ1) is 57.9. The number of ketones is 2. The molecule has 0 saturated heterocycles. The molecule has 0 radical (unpaired) electrons. The van der Waals surface area contributed by atoms with Crippen LogP contribution in [0.25, 0.3) is 0 Å². The van der Waals surface area contributed by atoms with Gasteiger partial charge in [0, 0.05) is 63.1 Å². The lowest BCUT2D eigenvalue weighted by Gasteiger charge is -2.28. The van der Waals surface area contributed by atoms with Gasteiger partial charge in [-0.1, -0.05) is 156 Å². The predicted molar refractivity (Wildman–Crippen MR) is 497 cm³/mol. The van der Waals surface area contributed by atoms with Crippen molar-refractivity contribution in [2.45, 2.75) is 165 Å². The first-order valence-corrected chi connectivity index (χ1v) is 40.1. The lowest BCUT2D eigenvalue weighted by molar-refractivity contribution is -0.148. The largest absolute Gasteiger partial charge is 0.493 e. The molecule has 23 heteroatoms. The van der Waals surface area contributed by atoms with Crippen molar-refractivity contribution >= 4 is 41.2 Å². The predicted octanol–water partition coefficient (Wildman–Crippen LogP) is 21.3. The summed E-state index contributed by atoms with van der Waals surface area (Å²) in [5.74, 6) is 8.92. The van der Waals surface area contributed by atoms with E-state index in [0.717, 1.165) is 46.5 Å². The maximum Gasteiger partial charge on any atom is 0.315 e. The molecule has 0 aromatic heterocycles. The topological polar surface area (TPSA) is 271 Å². The highest BCUT2D eigenvalue weighted by Crippen LogP contribution is 2.41. The molecule has 678 valence electrons. The van der Waals surface area contributed by atoms with Gasteiger partial charge in [-0.2, -0.15) is 0 Å². The first kappa shape index (κ1) is 108. The molecule has 0 bridgehead atoms. The molecule has 0 aliphatic carbocycles. The summed E-state index contributed by atoms with van der Waals surface area (Å²) < 4.78 is 83.7. The molecule has 0 aliphatic heterocycles. The Balaban J connectivity index is 0.000000521. The summed E-state index contributed by atoms with van der Waals surface area (Å²) >= 11 is 0. The van der Waals surface area contributed by atoms with Crippen LogP contribution in [0.5, 0.6) is 80.5 Å². The molecule has 9 aromatic carbocycles. The van der Waals surface area contributed by atoms with Gasteiger partial charge in [-0.15, -0.1) is 0 Å². The number of anilines is 2. The van der Waals surface area contributed by atoms with Crippen LogP contribution in [0.2, 0.25) is 0 Å². The van der Waals surface area contributed by atoms with Gasteiger partial charge in [0.2, 0.25) is 0 Å². The third-order valence-electron chi connectivity index (χ3n) is 20.6. The fourth-order valence-electron chi connectivity index (χ4n) is 12.1. The van der Waals surface area contributed by atoms with Crippen molar-refractivity contribution in [1.29, 1.82) is 0 Å². The molecule has 9 rings (SSSR count). The van der Waals surface area contributed by atoms with Gasteiger partial charge in [0.25, 0.3) is 0 Å². The number of hydrogen-bond acceptors (Lipinski definition) is 23. The third-order valence-corrected chi connectivity index (χ3v) is 20.6. The number of hydrogen-bond donors (Lipinski definition) is 2. The van der Waals surface area contributed by atoms with Crippen LogP contribution in [0, 0.1) is 0 Å². The molecule has 23 nitrogen and oxygen atoms in total. The van der Waals surface area contributed by atoms with Crippen LogP contribution in [-0.2, 0) is 51.9 Å². The molecule has 0 saturated carbocycles. The van der Waals surface area contributed by atoms with Crippen LogP contribution in [-0.4, -0.2) is 149 Å². The van der Waals surface area contributed by atoms with E-state index in [1.165, 1.54) is 30.9 Å². The average molecular weight is 1720 g/mol. The number of nitrogen functional groups attached to an aromatic ring is 1. The number of esters is 2. The van der Waals surface area contributed by atoms with Gasteiger partial charge in [0.15, 0.2) is 92.1 Å². The second-order valence-electron chi connectivity index (χ2n) is 30.9. The zero-order valence-corrected chi connectivity index (χ0v) is 77.0. The Morgan fingerprint density at radius 1 is 0.363 bits per heavy atom. The van der Waals surface area contributed by atoms with Crippen LogP contribution in [0.15, 0.2) is 164 Å². The molecular formula is C101H138N2O21. The fourth-order valence-corrected chi connectivity index (χ4v) is 12.1. The molecule has 3 N–H and O–H groups in total. The number of rotatable bonds is 34. The van der Waals surface area contributed by atoms with E-state index >= 15 is 0 Å². The molecule has 0 amide bonds. The zero-order chi connectivity index (χ0) is 91.4. The Morgan fingerprint density at radius 3 is 1.05 bits per heavy atom. The Labute approximate surface area is 738 Å². The number of nitrogens with two attached hydrogens (primary N) is 1. The lowest BCUT2D eigenvalue weighted by Crippen LogP contribution is -2.31. The van der Waals surface area contributed by atoms with Crippen LogP contribution in [0.4, 0.5) is 11.4 Å². The van der Waals surface area contributed by atoms with Gasteiger partial charge in [0.05, 0.1) is 125 Å². The highest BCUT2D eigenvalue weighted by Gasteiger charge is 2.33. The summed E-state index contributed by atoms with van der Waals surface area (Å²) in [5, 5.41) is 3.50. The highest BCUT2D eigenvalue weighted by atomic mass is 16.6. The van der Waals surface area contributed by atoms with E-state index in [9.17, 15) is 24.0 Å². The van der Waals surface area contributed by atoms with Crippen molar-refractivity contribution in [2.24, 2.45) is 0 Å². The van der Waals surface area contributed by atoms with Crippen molar-refractivity contribution in [3.05, 3.63) is 225 Å². The van der Waals surface area contributed by atoms with Gasteiger partial charge < -0.3 is 91.6 Å². The zero-order valence-electron chi connectivity index (χ0n) is 77.0. The Hall–Kier alpha value is -12.3. The monoisotopic (exact) mass is 1710 g/mol. The van der Waals surface area contributed by atoms with E-state index in [1.807, 2.05) is 131 Å². The number of carbonyl (C=O) groups is 5. The maximum atomic E-state index is 13.6. The van der Waals surface area contributed by atoms with Crippen molar-refractivity contribution in [2.75, 3.05) is 130 Å². The molecule has 9 aromatic rings. The number of methoxy groups -OCH3 is 14. The highest BCUT2D eigenvalue weighted by molar-refractivity contribution is 6.13. The molecule has 0 unspecified atom stereocenters. The molecule has 0 fully saturated rings. The van der Waals surface area contributed by atoms with Crippen molar-refractivity contribution in [3.8, 4) is 80.5 Å². The Kier molecular flexibility index (Phi) is 44.9. The number of benzene rings is 9. The SMILES string of the molecule is C.C.CCC(C)(C)c1ccc(OC)c(OC)c1.CCOC(=O)C(C)(C)c1ccc(OC)c(OC)c1.CCOC(=O)Cc1ccc(OC)c(OC)c1.COc1cc(N)c(C(=O)c2ccc(C(C)C)cc2)cc1OC.COc1ccc(C(C)(C)C=O)cc1OC.COc1ccc(C(C)(C)CNc2cc(OC)c(OC)cc2C(=O)c2ccc(C(C)C)cc2)cc1OC. The van der Waals surface area contributed by atoms with Gasteiger partial charge >= 0.3 is 11.9 Å². The quantitative estimate of drug-likeness (QED) is 0.0164. The minimum Gasteiger partial charge on any atom is -0.493 e. The second kappa shape index (κ2) is 51.6. The van der Waals surface area contributed by atoms with E-state index in [0.29, 0.717) is 134 Å². The van der Waals surface area contributed by atoms with Crippen molar-refractivity contribution in [1.82, 2.24) is 0 Å². The van der Waals surface area contributed by atoms with E-state index in [4.69, 9.17) is 81.5 Å². The average Bonchev–Trinajstić information content (AvgIpc) is 0.816. The smallest absolute Gasteiger partial charge is 0.315 e. The number of ether oxygens (including phenoxy) is 16. The van der Waals surface area contributed by atoms with Gasteiger partial charge in [-0.3, -0.25) is 19.2 Å². The summed E-state index contributed by atoms with van der Waals surface area (Å²) in [4.78, 5) is 60.3. The summed E-state index contributed by atoms with van der Waals surface area (Å²) in [7, 11) is 22.2. The van der Waals surface area contributed by atoms with Crippen molar-refractivity contribution in [3.63, 3.8) is 0 Å². The molecule has 0 spiro atoms. The molecular weight excluding hydrogens is 1580 g/mol. The summed E-state index contributed by atoms with van der Waals surface area (Å²) in [5.41, 5.74) is 15.2. The maximum absolute atomic E-state index is 13.6. The molecule has 0 atom stereocenters. The number of carbonyl (C=O) groups excluding carboxylic acids is 5. The number of nitrogens with one attached hydrogen (secondary N) is 1. The van der Waals surface area contributed by atoms with Crippen LogP contribution in [0.3, 0.4) is 0 Å². The van der Waals surface area contributed by atoms with E-state index in [1.54, 1.807) is 148 Å². The lowest BCUT2D eigenvalue weighted by atomic mass is 9.82. The Morgan fingerprint density at radius 2 is 0.677 bits per heavy atom. The minimum atomic E-state index is -0.713. The molecule has 124 heavy (non-hydrogen) atoms. The van der Waals surface area contributed by atoms with Crippen LogP contribution >= 0.6 is 0 Å². The minimum absolute atomic E-state index is 0. The summed E-state index contributed by atoms with van der Waals surface area (Å²) in [6.07, 6.45) is 2.27. The van der Waals surface area contributed by atoms with Gasteiger partial charge in [-0.25, -0.2) is 0 Å². The second-order valence-corrected chi connectivity index (χ2v) is 30.9. The Bertz CT molecular complexity index is 4830. The van der Waals surface area contributed by atoms with Crippen LogP contribution in [0.1, 0.15) is 208 Å².